The van der Waals surface area contributed by atoms with Gasteiger partial charge in [-0.05, 0) is 0 Å². The Morgan fingerprint density at radius 2 is 1.27 bits per heavy atom. The Kier molecular flexibility index (Phi) is 0.732. The predicted molar refractivity (Wildman–Crippen MR) is 59.5 cm³/mol. The molecule has 0 aliphatic carbocycles. The summed E-state index contributed by atoms with van der Waals surface area (Å²) < 4.78 is 1.49. The normalized spacial score (nSPS) is 81.3. The molecule has 4 saturated heterocycles. The smallest absolute Gasteiger partial charge is 0.0425 e. The summed E-state index contributed by atoms with van der Waals surface area (Å²) >= 11 is 0. The first-order valence-electron chi connectivity index (χ1n) is 5.12. The Morgan fingerprint density at radius 3 is 1.36 bits per heavy atom. The van der Waals surface area contributed by atoms with Crippen molar-refractivity contribution in [3.8, 4) is 0 Å². The molecule has 4 heteroatoms. The topological polar surface area (TPSA) is 0 Å². The van der Waals surface area contributed by atoms with Crippen LogP contribution in [-0.2, 0) is 0 Å². The van der Waals surface area contributed by atoms with Gasteiger partial charge in [0.05, 0.1) is 0 Å². The molecule has 0 atom stereocenters. The van der Waals surface area contributed by atoms with Crippen LogP contribution < -0.4 is 0 Å². The fraction of sp³-hybridized carbons (Fsp3) is 1.00. The van der Waals surface area contributed by atoms with E-state index >= 15 is 0 Å². The summed E-state index contributed by atoms with van der Waals surface area (Å²) in [5.41, 5.74) is 7.72. The number of rotatable bonds is 0. The molecule has 0 saturated carbocycles. The number of hydrogen-bond acceptors (Lipinski definition) is 0. The largest absolute Gasteiger partial charge is 0.0698 e. The minimum Gasteiger partial charge on any atom is -0.0698 e. The van der Waals surface area contributed by atoms with Crippen molar-refractivity contribution in [2.45, 2.75) is 39.7 Å². The van der Waals surface area contributed by atoms with Gasteiger partial charge >= 0.3 is 0 Å². The summed E-state index contributed by atoms with van der Waals surface area (Å²) in [6.07, 6.45) is 0. The first-order chi connectivity index (χ1) is 5.12. The fourth-order valence-corrected chi connectivity index (χ4v) is 78.3. The highest BCUT2D eigenvalue weighted by Gasteiger charge is 2.92. The van der Waals surface area contributed by atoms with Crippen molar-refractivity contribution in [1.29, 1.82) is 0 Å². The molecular weight excluding hydrogens is 196 g/mol. The molecule has 0 bridgehead atoms. The molecule has 4 aliphatic heterocycles. The van der Waals surface area contributed by atoms with Crippen LogP contribution in [0.1, 0.15) is 0 Å². The molecule has 0 nitrogen and oxygen atoms in total. The van der Waals surface area contributed by atoms with Gasteiger partial charge in [0.1, 0.15) is 0 Å². The van der Waals surface area contributed by atoms with Gasteiger partial charge in [-0.15, -0.1) is 0 Å². The van der Waals surface area contributed by atoms with Gasteiger partial charge in [0, 0.05) is 33.7 Å². The summed E-state index contributed by atoms with van der Waals surface area (Å²) in [4.78, 5) is 0. The summed E-state index contributed by atoms with van der Waals surface area (Å²) in [5.74, 6) is 0. The molecule has 0 aromatic rings. The summed E-state index contributed by atoms with van der Waals surface area (Å²) in [6, 6.07) is 0. The summed E-state index contributed by atoms with van der Waals surface area (Å²) in [7, 11) is -0.601. The predicted octanol–water partition coefficient (Wildman–Crippen LogP) is 1.17. The van der Waals surface area contributed by atoms with E-state index in [0.717, 1.165) is 0 Å². The molecule has 0 amide bonds. The molecular formula is C7H16Si4. The van der Waals surface area contributed by atoms with Gasteiger partial charge in [0.15, 0.2) is 0 Å². The highest BCUT2D eigenvalue weighted by Crippen LogP contribution is 2.86. The molecule has 1 spiro atoms. The third-order valence-corrected chi connectivity index (χ3v) is 54.7. The van der Waals surface area contributed by atoms with E-state index in [1.54, 1.807) is 0 Å². The second-order valence-electron chi connectivity index (χ2n) is 6.20. The lowest BCUT2D eigenvalue weighted by molar-refractivity contribution is 0.929. The van der Waals surface area contributed by atoms with Crippen LogP contribution >= 0.6 is 0 Å². The molecule has 0 aromatic carbocycles. The van der Waals surface area contributed by atoms with Crippen LogP contribution in [0.4, 0.5) is 0 Å². The van der Waals surface area contributed by atoms with Crippen molar-refractivity contribution in [1.82, 2.24) is 0 Å². The fourth-order valence-electron chi connectivity index (χ4n) is 6.31. The standard InChI is InChI=1S/C7H16Si4/c1-10-3-8-5-11(2)6-9(4-10)7(8,10)11/h8-9H,3-6H2,1-2H3. The molecule has 0 aromatic heterocycles. The highest BCUT2D eigenvalue weighted by atomic mass is 28.6. The maximum atomic E-state index is 2.80. The molecule has 0 unspecified atom stereocenters. The lowest BCUT2D eigenvalue weighted by Gasteiger charge is -2.93. The maximum Gasteiger partial charge on any atom is 0.0425 e. The minimum absolute atomic E-state index is 0.0741. The zero-order valence-electron chi connectivity index (χ0n) is 7.48. The van der Waals surface area contributed by atoms with Crippen molar-refractivity contribution in [2.24, 2.45) is 0 Å². The van der Waals surface area contributed by atoms with Crippen molar-refractivity contribution in [2.75, 3.05) is 0 Å². The van der Waals surface area contributed by atoms with E-state index < -0.39 is 0 Å². The van der Waals surface area contributed by atoms with Gasteiger partial charge in [0.25, 0.3) is 0 Å². The molecule has 4 fully saturated rings. The molecule has 0 N–H and O–H groups in total. The van der Waals surface area contributed by atoms with E-state index in [-0.39, 0.29) is 33.7 Å². The van der Waals surface area contributed by atoms with E-state index in [0.29, 0.717) is 0 Å². The van der Waals surface area contributed by atoms with Crippen molar-refractivity contribution >= 4 is 33.7 Å². The molecule has 4 heterocycles. The monoisotopic (exact) mass is 212 g/mol. The SMILES string of the molecule is C[Si]12C[SiH]3C[Si]4(C)C[SiH](C1)C324. The minimum atomic E-state index is -0.374. The Labute approximate surface area is 73.6 Å². The highest BCUT2D eigenvalue weighted by molar-refractivity contribution is 7.53. The maximum absolute atomic E-state index is 2.80. The average Bonchev–Trinajstić information content (AvgIpc) is 1.79. The zero-order chi connectivity index (χ0) is 7.48. The van der Waals surface area contributed by atoms with Crippen LogP contribution in [0.15, 0.2) is 0 Å². The molecule has 4 rings (SSSR count). The Morgan fingerprint density at radius 1 is 0.909 bits per heavy atom. The van der Waals surface area contributed by atoms with E-state index in [4.69, 9.17) is 0 Å². The van der Waals surface area contributed by atoms with Crippen molar-refractivity contribution in [3.05, 3.63) is 0 Å². The second kappa shape index (κ2) is 1.27. The van der Waals surface area contributed by atoms with Gasteiger partial charge in [0.2, 0.25) is 0 Å². The van der Waals surface area contributed by atoms with Gasteiger partial charge in [-0.3, -0.25) is 0 Å². The molecule has 60 valence electrons. The Bertz CT molecular complexity index is 234. The van der Waals surface area contributed by atoms with Crippen LogP contribution in [0.25, 0.3) is 0 Å². The van der Waals surface area contributed by atoms with Crippen molar-refractivity contribution < 1.29 is 0 Å². The van der Waals surface area contributed by atoms with Gasteiger partial charge in [-0.25, -0.2) is 0 Å². The van der Waals surface area contributed by atoms with Crippen LogP contribution in [0, 0.1) is 0 Å². The molecule has 4 aliphatic rings. The molecule has 0 radical (unpaired) electrons. The van der Waals surface area contributed by atoms with Crippen LogP contribution in [0.3, 0.4) is 0 Å². The van der Waals surface area contributed by atoms with Crippen LogP contribution in [-0.4, -0.2) is 33.7 Å². The van der Waals surface area contributed by atoms with Crippen LogP contribution in [0.2, 0.25) is 39.7 Å². The van der Waals surface area contributed by atoms with E-state index in [9.17, 15) is 0 Å². The van der Waals surface area contributed by atoms with Gasteiger partial charge < -0.3 is 0 Å². The van der Waals surface area contributed by atoms with Crippen molar-refractivity contribution in [3.63, 3.8) is 0 Å². The van der Waals surface area contributed by atoms with Crippen LogP contribution in [0.5, 0.6) is 0 Å². The number of hydrogen-bond donors (Lipinski definition) is 0. The van der Waals surface area contributed by atoms with E-state index in [1.165, 1.54) is 3.91 Å². The quantitative estimate of drug-likeness (QED) is 0.529. The second-order valence-corrected chi connectivity index (χ2v) is 28.7. The third kappa shape index (κ3) is 0.330. The van der Waals surface area contributed by atoms with Gasteiger partial charge in [-0.1, -0.05) is 39.7 Å². The zero-order valence-corrected chi connectivity index (χ0v) is 11.8. The Balaban J connectivity index is 1.89. The Hall–Kier alpha value is 0.868. The summed E-state index contributed by atoms with van der Waals surface area (Å²) in [6.45, 7) is 5.59. The first kappa shape index (κ1) is 6.34. The molecule has 11 heavy (non-hydrogen) atoms. The average molecular weight is 213 g/mol. The lowest BCUT2D eigenvalue weighted by atomic mass is 11.5. The van der Waals surface area contributed by atoms with Gasteiger partial charge in [-0.2, -0.15) is 0 Å². The first-order valence-corrected chi connectivity index (χ1v) is 15.4. The summed E-state index contributed by atoms with van der Waals surface area (Å²) in [5, 5.41) is 0. The lowest BCUT2D eigenvalue weighted by Crippen LogP contribution is -3.02. The van der Waals surface area contributed by atoms with E-state index in [1.807, 2.05) is 22.7 Å². The van der Waals surface area contributed by atoms with E-state index in [2.05, 4.69) is 13.1 Å². The third-order valence-electron chi connectivity index (χ3n) is 6.07.